The van der Waals surface area contributed by atoms with Crippen molar-refractivity contribution in [1.82, 2.24) is 5.32 Å². The third kappa shape index (κ3) is 2.85. The zero-order chi connectivity index (χ0) is 19.1. The fourth-order valence-corrected chi connectivity index (χ4v) is 3.58. The molecule has 140 valence electrons. The van der Waals surface area contributed by atoms with Crippen molar-refractivity contribution in [2.45, 2.75) is 13.0 Å². The molecule has 1 aromatic heterocycles. The predicted molar refractivity (Wildman–Crippen MR) is 107 cm³/mol. The van der Waals surface area contributed by atoms with Crippen molar-refractivity contribution >= 4 is 27.6 Å². The fourth-order valence-electron chi connectivity index (χ4n) is 3.58. The van der Waals surface area contributed by atoms with E-state index in [1.54, 1.807) is 0 Å². The van der Waals surface area contributed by atoms with Gasteiger partial charge in [0.15, 0.2) is 17.3 Å². The summed E-state index contributed by atoms with van der Waals surface area (Å²) in [5.74, 6) is 1.50. The molecule has 1 amide bonds. The van der Waals surface area contributed by atoms with Crippen LogP contribution in [0.25, 0.3) is 21.7 Å². The average Bonchev–Trinajstić information content (AvgIpc) is 3.18. The van der Waals surface area contributed by atoms with Crippen LogP contribution in [0.5, 0.6) is 11.5 Å². The number of hydrogen-bond donors (Lipinski definition) is 1. The highest BCUT2D eigenvalue weighted by Crippen LogP contribution is 2.33. The van der Waals surface area contributed by atoms with Crippen molar-refractivity contribution < 1.29 is 18.7 Å². The van der Waals surface area contributed by atoms with Gasteiger partial charge in [-0.15, -0.1) is 0 Å². The predicted octanol–water partition coefficient (Wildman–Crippen LogP) is 4.85. The Bertz CT molecular complexity index is 1190. The van der Waals surface area contributed by atoms with Gasteiger partial charge in [-0.05, 0) is 47.5 Å². The Labute approximate surface area is 161 Å². The molecule has 1 unspecified atom stereocenters. The minimum Gasteiger partial charge on any atom is -0.486 e. The molecule has 1 aliphatic heterocycles. The molecule has 1 aliphatic rings. The highest BCUT2D eigenvalue weighted by Gasteiger charge is 2.19. The normalized spacial score (nSPS) is 14.2. The van der Waals surface area contributed by atoms with Crippen molar-refractivity contribution in [3.05, 3.63) is 72.0 Å². The van der Waals surface area contributed by atoms with Gasteiger partial charge in [0.25, 0.3) is 5.91 Å². The van der Waals surface area contributed by atoms with Gasteiger partial charge in [0.2, 0.25) is 0 Å². The van der Waals surface area contributed by atoms with Crippen LogP contribution < -0.4 is 14.8 Å². The van der Waals surface area contributed by atoms with Crippen LogP contribution in [0, 0.1) is 0 Å². The molecule has 0 saturated heterocycles. The smallest absolute Gasteiger partial charge is 0.287 e. The molecule has 28 heavy (non-hydrogen) atoms. The van der Waals surface area contributed by atoms with E-state index in [1.165, 1.54) is 0 Å². The zero-order valence-corrected chi connectivity index (χ0v) is 15.4. The largest absolute Gasteiger partial charge is 0.486 e. The molecule has 0 saturated carbocycles. The van der Waals surface area contributed by atoms with E-state index in [-0.39, 0.29) is 11.9 Å². The van der Waals surface area contributed by atoms with Gasteiger partial charge in [-0.1, -0.05) is 36.4 Å². The molecule has 0 fully saturated rings. The van der Waals surface area contributed by atoms with Crippen LogP contribution in [0.4, 0.5) is 0 Å². The molecule has 1 atom stereocenters. The average molecular weight is 373 g/mol. The first-order chi connectivity index (χ1) is 13.7. The highest BCUT2D eigenvalue weighted by atomic mass is 16.6. The number of furan rings is 1. The summed E-state index contributed by atoms with van der Waals surface area (Å²) in [6, 6.07) is 19.3. The molecular weight excluding hydrogens is 354 g/mol. The Morgan fingerprint density at radius 1 is 0.929 bits per heavy atom. The zero-order valence-electron chi connectivity index (χ0n) is 15.4. The second kappa shape index (κ2) is 6.60. The molecule has 3 aromatic carbocycles. The van der Waals surface area contributed by atoms with E-state index in [0.717, 1.165) is 27.5 Å². The number of carbonyl (C=O) groups excluding carboxylic acids is 1. The third-order valence-electron chi connectivity index (χ3n) is 5.06. The molecule has 5 rings (SSSR count). The minimum atomic E-state index is -0.248. The number of carbonyl (C=O) groups is 1. The lowest BCUT2D eigenvalue weighted by Crippen LogP contribution is -2.26. The van der Waals surface area contributed by atoms with Crippen LogP contribution >= 0.6 is 0 Å². The number of benzene rings is 3. The van der Waals surface area contributed by atoms with E-state index in [1.807, 2.05) is 67.6 Å². The number of hydrogen-bond acceptors (Lipinski definition) is 4. The summed E-state index contributed by atoms with van der Waals surface area (Å²) in [6.45, 7) is 3.02. The number of fused-ring (bicyclic) bond motifs is 4. The second-order valence-corrected chi connectivity index (χ2v) is 6.91. The molecule has 0 aliphatic carbocycles. The Hall–Kier alpha value is -3.47. The van der Waals surface area contributed by atoms with Gasteiger partial charge in [0.05, 0.1) is 6.04 Å². The molecule has 5 nitrogen and oxygen atoms in total. The Kier molecular flexibility index (Phi) is 3.93. The Morgan fingerprint density at radius 2 is 1.75 bits per heavy atom. The molecule has 0 bridgehead atoms. The molecule has 0 spiro atoms. The molecule has 2 heterocycles. The number of amides is 1. The van der Waals surface area contributed by atoms with Gasteiger partial charge in [-0.2, -0.15) is 0 Å². The first kappa shape index (κ1) is 16.7. The first-order valence-corrected chi connectivity index (χ1v) is 9.31. The van der Waals surface area contributed by atoms with Crippen molar-refractivity contribution in [1.29, 1.82) is 0 Å². The van der Waals surface area contributed by atoms with Crippen LogP contribution in [0.1, 0.15) is 29.1 Å². The second-order valence-electron chi connectivity index (χ2n) is 6.91. The Balaban J connectivity index is 1.41. The summed E-state index contributed by atoms with van der Waals surface area (Å²) in [4.78, 5) is 12.8. The third-order valence-corrected chi connectivity index (χ3v) is 5.06. The molecular formula is C23H19NO4. The summed E-state index contributed by atoms with van der Waals surface area (Å²) in [6.07, 6.45) is 0. The first-order valence-electron chi connectivity index (χ1n) is 9.31. The van der Waals surface area contributed by atoms with E-state index in [4.69, 9.17) is 13.9 Å². The van der Waals surface area contributed by atoms with Crippen LogP contribution in [0.2, 0.25) is 0 Å². The Morgan fingerprint density at radius 3 is 2.64 bits per heavy atom. The highest BCUT2D eigenvalue weighted by molar-refractivity contribution is 6.08. The van der Waals surface area contributed by atoms with Crippen molar-refractivity contribution in [3.63, 3.8) is 0 Å². The quantitative estimate of drug-likeness (QED) is 0.558. The van der Waals surface area contributed by atoms with E-state index in [0.29, 0.717) is 30.3 Å². The molecule has 1 N–H and O–H groups in total. The maximum Gasteiger partial charge on any atom is 0.287 e. The van der Waals surface area contributed by atoms with Crippen LogP contribution in [-0.2, 0) is 0 Å². The van der Waals surface area contributed by atoms with Gasteiger partial charge >= 0.3 is 0 Å². The standard InChI is InChI=1S/C23H19NO4/c1-14(16-7-9-20-21(12-16)27-11-10-26-20)24-23(25)22-13-18-17-5-3-2-4-15(17)6-8-19(18)28-22/h2-9,12-14H,10-11H2,1H3,(H,24,25). The lowest BCUT2D eigenvalue weighted by Gasteiger charge is -2.20. The lowest BCUT2D eigenvalue weighted by molar-refractivity contribution is 0.0914. The summed E-state index contributed by atoms with van der Waals surface area (Å²) in [7, 11) is 0. The number of ether oxygens (including phenoxy) is 2. The van der Waals surface area contributed by atoms with Gasteiger partial charge in [0, 0.05) is 5.39 Å². The van der Waals surface area contributed by atoms with Crippen LogP contribution in [0.3, 0.4) is 0 Å². The van der Waals surface area contributed by atoms with Crippen molar-refractivity contribution in [2.24, 2.45) is 0 Å². The maximum absolute atomic E-state index is 12.8. The fraction of sp³-hybridized carbons (Fsp3) is 0.174. The van der Waals surface area contributed by atoms with Gasteiger partial charge in [-0.3, -0.25) is 4.79 Å². The topological polar surface area (TPSA) is 60.7 Å². The minimum absolute atomic E-state index is 0.201. The molecule has 5 heteroatoms. The summed E-state index contributed by atoms with van der Waals surface area (Å²) >= 11 is 0. The maximum atomic E-state index is 12.8. The van der Waals surface area contributed by atoms with E-state index in [9.17, 15) is 4.79 Å². The molecule has 4 aromatic rings. The van der Waals surface area contributed by atoms with Gasteiger partial charge in [0.1, 0.15) is 18.8 Å². The summed E-state index contributed by atoms with van der Waals surface area (Å²) < 4.78 is 17.0. The van der Waals surface area contributed by atoms with Crippen molar-refractivity contribution in [2.75, 3.05) is 13.2 Å². The van der Waals surface area contributed by atoms with Crippen molar-refractivity contribution in [3.8, 4) is 11.5 Å². The SMILES string of the molecule is CC(NC(=O)c1cc2c(ccc3ccccc32)o1)c1ccc2c(c1)OCCO2. The van der Waals surface area contributed by atoms with Gasteiger partial charge in [-0.25, -0.2) is 0 Å². The molecule has 0 radical (unpaired) electrons. The monoisotopic (exact) mass is 373 g/mol. The number of nitrogens with one attached hydrogen (secondary N) is 1. The summed E-state index contributed by atoms with van der Waals surface area (Å²) in [5, 5.41) is 6.13. The summed E-state index contributed by atoms with van der Waals surface area (Å²) in [5.41, 5.74) is 1.65. The van der Waals surface area contributed by atoms with Crippen LogP contribution in [0.15, 0.2) is 65.1 Å². The van der Waals surface area contributed by atoms with Gasteiger partial charge < -0.3 is 19.2 Å². The van der Waals surface area contributed by atoms with Crippen LogP contribution in [-0.4, -0.2) is 19.1 Å². The van der Waals surface area contributed by atoms with E-state index >= 15 is 0 Å². The van der Waals surface area contributed by atoms with E-state index < -0.39 is 0 Å². The lowest BCUT2D eigenvalue weighted by atomic mass is 10.1. The van der Waals surface area contributed by atoms with E-state index in [2.05, 4.69) is 5.32 Å². The number of rotatable bonds is 3.